The van der Waals surface area contributed by atoms with Crippen LogP contribution in [0.4, 0.5) is 13.2 Å². The van der Waals surface area contributed by atoms with E-state index in [1.54, 1.807) is 11.0 Å². The number of rotatable bonds is 2. The van der Waals surface area contributed by atoms with Crippen molar-refractivity contribution in [1.82, 2.24) is 9.88 Å². The van der Waals surface area contributed by atoms with Crippen molar-refractivity contribution in [2.24, 2.45) is 0 Å². The molecule has 1 fully saturated rings. The first-order valence-corrected chi connectivity index (χ1v) is 8.54. The number of piperidine rings is 1. The Kier molecular flexibility index (Phi) is 4.18. The van der Waals surface area contributed by atoms with Crippen LogP contribution in [0.25, 0.3) is 10.9 Å². The van der Waals surface area contributed by atoms with Crippen molar-refractivity contribution in [3.8, 4) is 0 Å². The zero-order valence-electron chi connectivity index (χ0n) is 13.9. The highest BCUT2D eigenvalue weighted by Gasteiger charge is 2.27. The molecule has 0 unspecified atom stereocenters. The van der Waals surface area contributed by atoms with Gasteiger partial charge in [0.05, 0.1) is 5.56 Å². The number of aromatic amines is 1. The molecule has 0 spiro atoms. The predicted octanol–water partition coefficient (Wildman–Crippen LogP) is 4.61. The summed E-state index contributed by atoms with van der Waals surface area (Å²) in [5.41, 5.74) is 1.76. The van der Waals surface area contributed by atoms with E-state index in [2.05, 4.69) is 4.98 Å². The Hall–Kier alpha value is -2.76. The second-order valence-electron chi connectivity index (χ2n) is 6.62. The smallest absolute Gasteiger partial charge is 0.256 e. The Bertz CT molecular complexity index is 974. The number of nitrogens with one attached hydrogen (secondary N) is 1. The summed E-state index contributed by atoms with van der Waals surface area (Å²) in [5.74, 6) is -1.99. The van der Waals surface area contributed by atoms with Gasteiger partial charge in [0.1, 0.15) is 17.5 Å². The number of carbonyl (C=O) groups is 1. The van der Waals surface area contributed by atoms with E-state index in [0.29, 0.717) is 13.1 Å². The molecular weight excluding hydrogens is 341 g/mol. The monoisotopic (exact) mass is 358 g/mol. The molecule has 2 aromatic carbocycles. The molecular formula is C20H17F3N2O. The van der Waals surface area contributed by atoms with Gasteiger partial charge >= 0.3 is 0 Å². The van der Waals surface area contributed by atoms with E-state index < -0.39 is 17.5 Å². The fourth-order valence-electron chi connectivity index (χ4n) is 3.69. The van der Waals surface area contributed by atoms with Gasteiger partial charge in [-0.15, -0.1) is 0 Å². The van der Waals surface area contributed by atoms with E-state index in [1.165, 1.54) is 18.2 Å². The quantitative estimate of drug-likeness (QED) is 0.714. The number of amides is 1. The molecule has 26 heavy (non-hydrogen) atoms. The molecule has 0 bridgehead atoms. The number of hydrogen-bond donors (Lipinski definition) is 1. The van der Waals surface area contributed by atoms with Gasteiger partial charge in [0.25, 0.3) is 5.91 Å². The third kappa shape index (κ3) is 2.96. The molecule has 6 heteroatoms. The molecule has 4 rings (SSSR count). The first-order valence-electron chi connectivity index (χ1n) is 8.54. The topological polar surface area (TPSA) is 36.1 Å². The van der Waals surface area contributed by atoms with Crippen LogP contribution in [0.15, 0.2) is 42.6 Å². The Labute approximate surface area is 148 Å². The lowest BCUT2D eigenvalue weighted by molar-refractivity contribution is 0.0708. The highest BCUT2D eigenvalue weighted by atomic mass is 19.1. The minimum atomic E-state index is -0.837. The average Bonchev–Trinajstić information content (AvgIpc) is 3.04. The molecule has 0 aliphatic carbocycles. The van der Waals surface area contributed by atoms with Crippen LogP contribution >= 0.6 is 0 Å². The Morgan fingerprint density at radius 3 is 2.42 bits per heavy atom. The van der Waals surface area contributed by atoms with E-state index in [9.17, 15) is 18.0 Å². The zero-order chi connectivity index (χ0) is 18.3. The van der Waals surface area contributed by atoms with Crippen LogP contribution in [-0.2, 0) is 0 Å². The number of likely N-dealkylation sites (tertiary alicyclic amines) is 1. The van der Waals surface area contributed by atoms with Crippen LogP contribution in [0.2, 0.25) is 0 Å². The van der Waals surface area contributed by atoms with Gasteiger partial charge in [0.2, 0.25) is 0 Å². The third-order valence-corrected chi connectivity index (χ3v) is 5.06. The molecule has 2 heterocycles. The van der Waals surface area contributed by atoms with Gasteiger partial charge in [-0.3, -0.25) is 4.79 Å². The molecule has 0 radical (unpaired) electrons. The predicted molar refractivity (Wildman–Crippen MR) is 92.5 cm³/mol. The first-order chi connectivity index (χ1) is 12.5. The number of benzene rings is 2. The number of hydrogen-bond acceptors (Lipinski definition) is 1. The van der Waals surface area contributed by atoms with Gasteiger partial charge in [0, 0.05) is 36.3 Å². The van der Waals surface area contributed by atoms with Crippen molar-refractivity contribution in [2.45, 2.75) is 18.8 Å². The summed E-state index contributed by atoms with van der Waals surface area (Å²) >= 11 is 0. The first kappa shape index (κ1) is 16.7. The summed E-state index contributed by atoms with van der Waals surface area (Å²) in [4.78, 5) is 17.2. The van der Waals surface area contributed by atoms with Crippen LogP contribution in [-0.4, -0.2) is 28.9 Å². The van der Waals surface area contributed by atoms with Crippen molar-refractivity contribution in [2.75, 3.05) is 13.1 Å². The lowest BCUT2D eigenvalue weighted by Gasteiger charge is -2.32. The maximum absolute atomic E-state index is 13.8. The van der Waals surface area contributed by atoms with Gasteiger partial charge in [-0.1, -0.05) is 0 Å². The van der Waals surface area contributed by atoms with Gasteiger partial charge < -0.3 is 9.88 Å². The average molecular weight is 358 g/mol. The molecule has 1 N–H and O–H groups in total. The highest BCUT2D eigenvalue weighted by Crippen LogP contribution is 2.33. The van der Waals surface area contributed by atoms with Crippen LogP contribution in [0.3, 0.4) is 0 Å². The van der Waals surface area contributed by atoms with E-state index in [0.717, 1.165) is 41.4 Å². The number of carbonyl (C=O) groups excluding carboxylic acids is 1. The Morgan fingerprint density at radius 1 is 1.00 bits per heavy atom. The fourth-order valence-corrected chi connectivity index (χ4v) is 3.69. The summed E-state index contributed by atoms with van der Waals surface area (Å²) in [6.45, 7) is 0.988. The van der Waals surface area contributed by atoms with Gasteiger partial charge in [-0.2, -0.15) is 0 Å². The Morgan fingerprint density at radius 2 is 1.69 bits per heavy atom. The lowest BCUT2D eigenvalue weighted by atomic mass is 9.89. The van der Waals surface area contributed by atoms with Crippen LogP contribution < -0.4 is 0 Å². The largest absolute Gasteiger partial charge is 0.361 e. The molecule has 1 amide bonds. The van der Waals surface area contributed by atoms with Crippen molar-refractivity contribution in [3.63, 3.8) is 0 Å². The molecule has 3 aromatic rings. The molecule has 0 atom stereocenters. The summed E-state index contributed by atoms with van der Waals surface area (Å²) in [5, 5.41) is 0.987. The number of halogens is 3. The summed E-state index contributed by atoms with van der Waals surface area (Å²) in [7, 11) is 0. The molecule has 1 aromatic heterocycles. The van der Waals surface area contributed by atoms with E-state index in [-0.39, 0.29) is 17.3 Å². The normalized spacial score (nSPS) is 15.6. The van der Waals surface area contributed by atoms with Crippen LogP contribution in [0, 0.1) is 17.5 Å². The van der Waals surface area contributed by atoms with Gasteiger partial charge in [-0.25, -0.2) is 13.2 Å². The number of aromatic nitrogens is 1. The third-order valence-electron chi connectivity index (χ3n) is 5.06. The molecule has 1 saturated heterocycles. The second-order valence-corrected chi connectivity index (χ2v) is 6.62. The number of H-pyrrole nitrogens is 1. The lowest BCUT2D eigenvalue weighted by Crippen LogP contribution is -2.38. The number of nitrogens with zero attached hydrogens (tertiary/aromatic N) is 1. The van der Waals surface area contributed by atoms with E-state index in [4.69, 9.17) is 0 Å². The maximum atomic E-state index is 13.8. The summed E-state index contributed by atoms with van der Waals surface area (Å²) < 4.78 is 40.2. The molecule has 3 nitrogen and oxygen atoms in total. The second kappa shape index (κ2) is 6.52. The number of fused-ring (bicyclic) bond motifs is 1. The van der Waals surface area contributed by atoms with Crippen molar-refractivity contribution in [3.05, 3.63) is 71.2 Å². The minimum absolute atomic E-state index is 0.104. The van der Waals surface area contributed by atoms with Gasteiger partial charge in [0.15, 0.2) is 0 Å². The summed E-state index contributed by atoms with van der Waals surface area (Å²) in [6, 6.07) is 7.68. The standard InChI is InChI=1S/C20H17F3N2O/c21-13-2-4-16(18(23)9-13)20(26)25-7-5-12(6-8-25)17-11-24-19-10-14(22)1-3-15(17)19/h1-4,9-12,24H,5-8H2. The fraction of sp³-hybridized carbons (Fsp3) is 0.250. The van der Waals surface area contributed by atoms with Crippen molar-refractivity contribution in [1.29, 1.82) is 0 Å². The maximum Gasteiger partial charge on any atom is 0.256 e. The van der Waals surface area contributed by atoms with Crippen LogP contribution in [0.1, 0.15) is 34.7 Å². The van der Waals surface area contributed by atoms with E-state index in [1.807, 2.05) is 6.20 Å². The minimum Gasteiger partial charge on any atom is -0.361 e. The van der Waals surface area contributed by atoms with Crippen molar-refractivity contribution < 1.29 is 18.0 Å². The Balaban J connectivity index is 1.49. The van der Waals surface area contributed by atoms with Crippen molar-refractivity contribution >= 4 is 16.8 Å². The SMILES string of the molecule is O=C(c1ccc(F)cc1F)N1CCC(c2c[nH]c3cc(F)ccc23)CC1. The summed E-state index contributed by atoms with van der Waals surface area (Å²) in [6.07, 6.45) is 3.36. The van der Waals surface area contributed by atoms with Crippen LogP contribution in [0.5, 0.6) is 0 Å². The molecule has 0 saturated carbocycles. The van der Waals surface area contributed by atoms with E-state index >= 15 is 0 Å². The molecule has 134 valence electrons. The molecule has 1 aliphatic rings. The van der Waals surface area contributed by atoms with Gasteiger partial charge in [-0.05, 0) is 54.7 Å². The zero-order valence-corrected chi connectivity index (χ0v) is 13.9. The molecule has 1 aliphatic heterocycles. The highest BCUT2D eigenvalue weighted by molar-refractivity contribution is 5.94.